The van der Waals surface area contributed by atoms with Gasteiger partial charge in [-0.3, -0.25) is 9.59 Å². The quantitative estimate of drug-likeness (QED) is 0.824. The van der Waals surface area contributed by atoms with E-state index in [1.807, 2.05) is 22.3 Å². The van der Waals surface area contributed by atoms with Crippen LogP contribution in [0.15, 0.2) is 42.5 Å². The first kappa shape index (κ1) is 17.8. The molecule has 1 fully saturated rings. The highest BCUT2D eigenvalue weighted by Crippen LogP contribution is 2.26. The summed E-state index contributed by atoms with van der Waals surface area (Å²) >= 11 is 0. The topological polar surface area (TPSA) is 70.7 Å². The summed E-state index contributed by atoms with van der Waals surface area (Å²) in [6.07, 6.45) is 0. The van der Waals surface area contributed by atoms with E-state index in [0.717, 1.165) is 17.8 Å². The molecule has 0 bridgehead atoms. The second-order valence-corrected chi connectivity index (χ2v) is 5.62. The maximum atomic E-state index is 13.6. The van der Waals surface area contributed by atoms with Crippen LogP contribution in [-0.2, 0) is 14.3 Å². The first-order chi connectivity index (χ1) is 12.6. The molecule has 0 aliphatic carbocycles. The minimum Gasteiger partial charge on any atom is -0.378 e. The van der Waals surface area contributed by atoms with Crippen molar-refractivity contribution < 1.29 is 23.1 Å². The number of carbonyl (C=O) groups excluding carboxylic acids is 2. The zero-order chi connectivity index (χ0) is 18.5. The zero-order valence-electron chi connectivity index (χ0n) is 13.8. The molecule has 8 heteroatoms. The second-order valence-electron chi connectivity index (χ2n) is 5.62. The van der Waals surface area contributed by atoms with Gasteiger partial charge in [0.25, 0.3) is 0 Å². The number of para-hydroxylation sites is 3. The van der Waals surface area contributed by atoms with Crippen LogP contribution in [-0.4, -0.2) is 38.1 Å². The third-order valence-corrected chi connectivity index (χ3v) is 3.91. The van der Waals surface area contributed by atoms with Crippen molar-refractivity contribution in [2.24, 2.45) is 0 Å². The van der Waals surface area contributed by atoms with Crippen LogP contribution >= 0.6 is 0 Å². The van der Waals surface area contributed by atoms with Gasteiger partial charge in [-0.2, -0.15) is 0 Å². The molecule has 2 aromatic carbocycles. The van der Waals surface area contributed by atoms with E-state index in [2.05, 4.69) is 5.32 Å². The summed E-state index contributed by atoms with van der Waals surface area (Å²) in [4.78, 5) is 26.2. The van der Waals surface area contributed by atoms with Gasteiger partial charge in [-0.15, -0.1) is 0 Å². The third-order valence-electron chi connectivity index (χ3n) is 3.91. The lowest BCUT2D eigenvalue weighted by Crippen LogP contribution is -2.37. The number of hydrogen-bond acceptors (Lipinski definition) is 4. The molecule has 0 spiro atoms. The van der Waals surface area contributed by atoms with Gasteiger partial charge in [-0.05, 0) is 24.3 Å². The minimum atomic E-state index is -1.16. The summed E-state index contributed by atoms with van der Waals surface area (Å²) in [6.45, 7) is 2.43. The van der Waals surface area contributed by atoms with Crippen LogP contribution < -0.4 is 15.5 Å². The number of benzene rings is 2. The van der Waals surface area contributed by atoms with E-state index in [1.165, 1.54) is 6.07 Å². The SMILES string of the molecule is O=C(Nc1ccccc1N1CCOCC1)C(=O)Nc1c(F)cccc1F. The Morgan fingerprint density at radius 2 is 1.50 bits per heavy atom. The molecule has 6 nitrogen and oxygen atoms in total. The van der Waals surface area contributed by atoms with Gasteiger partial charge < -0.3 is 20.3 Å². The molecule has 1 aliphatic rings. The number of carbonyl (C=O) groups is 2. The van der Waals surface area contributed by atoms with E-state index in [4.69, 9.17) is 4.74 Å². The van der Waals surface area contributed by atoms with Crippen LogP contribution in [0, 0.1) is 11.6 Å². The average molecular weight is 361 g/mol. The molecule has 2 amide bonds. The minimum absolute atomic E-state index is 0.434. The van der Waals surface area contributed by atoms with Crippen molar-refractivity contribution >= 4 is 28.9 Å². The molecule has 2 N–H and O–H groups in total. The Kier molecular flexibility index (Phi) is 5.43. The lowest BCUT2D eigenvalue weighted by atomic mass is 10.2. The number of hydrogen-bond donors (Lipinski definition) is 2. The van der Waals surface area contributed by atoms with Crippen molar-refractivity contribution in [3.8, 4) is 0 Å². The standard InChI is InChI=1S/C18H17F2N3O3/c19-12-4-3-5-13(20)16(12)22-18(25)17(24)21-14-6-1-2-7-15(14)23-8-10-26-11-9-23/h1-7H,8-11H2,(H,21,24)(H,22,25). The van der Waals surface area contributed by atoms with Crippen molar-refractivity contribution in [1.82, 2.24) is 0 Å². The number of morpholine rings is 1. The van der Waals surface area contributed by atoms with Crippen molar-refractivity contribution in [1.29, 1.82) is 0 Å². The number of rotatable bonds is 3. The number of ether oxygens (including phenoxy) is 1. The largest absolute Gasteiger partial charge is 0.378 e. The molecular formula is C18H17F2N3O3. The summed E-state index contributed by atoms with van der Waals surface area (Å²) in [5.74, 6) is -4.10. The Balaban J connectivity index is 1.73. The summed E-state index contributed by atoms with van der Waals surface area (Å²) in [5.41, 5.74) is 0.520. The van der Waals surface area contributed by atoms with Gasteiger partial charge in [-0.1, -0.05) is 18.2 Å². The zero-order valence-corrected chi connectivity index (χ0v) is 13.8. The smallest absolute Gasteiger partial charge is 0.314 e. The van der Waals surface area contributed by atoms with E-state index in [0.29, 0.717) is 32.0 Å². The highest BCUT2D eigenvalue weighted by atomic mass is 19.1. The lowest BCUT2D eigenvalue weighted by Gasteiger charge is -2.30. The molecule has 0 atom stereocenters. The third kappa shape index (κ3) is 3.97. The van der Waals surface area contributed by atoms with Gasteiger partial charge in [0.1, 0.15) is 17.3 Å². The van der Waals surface area contributed by atoms with Crippen LogP contribution in [0.5, 0.6) is 0 Å². The van der Waals surface area contributed by atoms with Gasteiger partial charge in [0, 0.05) is 13.1 Å². The average Bonchev–Trinajstić information content (AvgIpc) is 2.66. The lowest BCUT2D eigenvalue weighted by molar-refractivity contribution is -0.133. The molecule has 0 unspecified atom stereocenters. The molecule has 1 heterocycles. The highest BCUT2D eigenvalue weighted by molar-refractivity contribution is 6.44. The van der Waals surface area contributed by atoms with E-state index < -0.39 is 29.1 Å². The van der Waals surface area contributed by atoms with Gasteiger partial charge in [0.2, 0.25) is 0 Å². The molecule has 0 aromatic heterocycles. The van der Waals surface area contributed by atoms with E-state index in [1.54, 1.807) is 12.1 Å². The molecule has 136 valence electrons. The normalized spacial score (nSPS) is 14.0. The van der Waals surface area contributed by atoms with Crippen molar-refractivity contribution in [2.75, 3.05) is 41.8 Å². The molecular weight excluding hydrogens is 344 g/mol. The Hall–Kier alpha value is -3.00. The highest BCUT2D eigenvalue weighted by Gasteiger charge is 2.21. The van der Waals surface area contributed by atoms with Crippen LogP contribution in [0.2, 0.25) is 0 Å². The summed E-state index contributed by atoms with van der Waals surface area (Å²) in [6, 6.07) is 10.1. The molecule has 2 aromatic rings. The van der Waals surface area contributed by atoms with E-state index in [9.17, 15) is 18.4 Å². The Morgan fingerprint density at radius 3 is 2.19 bits per heavy atom. The molecule has 1 aliphatic heterocycles. The van der Waals surface area contributed by atoms with E-state index >= 15 is 0 Å². The van der Waals surface area contributed by atoms with Crippen molar-refractivity contribution in [3.05, 3.63) is 54.1 Å². The van der Waals surface area contributed by atoms with E-state index in [-0.39, 0.29) is 0 Å². The van der Waals surface area contributed by atoms with Gasteiger partial charge in [-0.25, -0.2) is 8.78 Å². The van der Waals surface area contributed by atoms with Gasteiger partial charge >= 0.3 is 11.8 Å². The van der Waals surface area contributed by atoms with Crippen molar-refractivity contribution in [3.63, 3.8) is 0 Å². The Bertz CT molecular complexity index is 803. The number of amides is 2. The fraction of sp³-hybridized carbons (Fsp3) is 0.222. The summed E-state index contributed by atoms with van der Waals surface area (Å²) in [7, 11) is 0. The first-order valence-electron chi connectivity index (χ1n) is 8.04. The summed E-state index contributed by atoms with van der Waals surface area (Å²) < 4.78 is 32.5. The van der Waals surface area contributed by atoms with Crippen LogP contribution in [0.1, 0.15) is 0 Å². The maximum absolute atomic E-state index is 13.6. The first-order valence-corrected chi connectivity index (χ1v) is 8.04. The molecule has 3 rings (SSSR count). The number of nitrogens with one attached hydrogen (secondary N) is 2. The molecule has 1 saturated heterocycles. The number of anilines is 3. The number of halogens is 2. The fourth-order valence-electron chi connectivity index (χ4n) is 2.63. The summed E-state index contributed by atoms with van der Waals surface area (Å²) in [5, 5.41) is 4.45. The van der Waals surface area contributed by atoms with Crippen LogP contribution in [0.25, 0.3) is 0 Å². The van der Waals surface area contributed by atoms with Gasteiger partial charge in [0.15, 0.2) is 0 Å². The Morgan fingerprint density at radius 1 is 0.885 bits per heavy atom. The van der Waals surface area contributed by atoms with Gasteiger partial charge in [0.05, 0.1) is 24.6 Å². The maximum Gasteiger partial charge on any atom is 0.314 e. The molecule has 26 heavy (non-hydrogen) atoms. The molecule has 0 radical (unpaired) electrons. The number of nitrogens with zero attached hydrogens (tertiary/aromatic N) is 1. The Labute approximate surface area is 148 Å². The second kappa shape index (κ2) is 7.92. The predicted octanol–water partition coefficient (Wildman–Crippen LogP) is 2.38. The van der Waals surface area contributed by atoms with Crippen molar-refractivity contribution in [2.45, 2.75) is 0 Å². The molecule has 0 saturated carbocycles. The van der Waals surface area contributed by atoms with Crippen LogP contribution in [0.4, 0.5) is 25.8 Å². The van der Waals surface area contributed by atoms with Crippen LogP contribution in [0.3, 0.4) is 0 Å². The monoisotopic (exact) mass is 361 g/mol. The predicted molar refractivity (Wildman–Crippen MR) is 93.1 cm³/mol. The fourth-order valence-corrected chi connectivity index (χ4v) is 2.63.